The minimum absolute atomic E-state index is 0.156. The summed E-state index contributed by atoms with van der Waals surface area (Å²) < 4.78 is 0. The smallest absolute Gasteiger partial charge is 0.270 e. The summed E-state index contributed by atoms with van der Waals surface area (Å²) in [5.41, 5.74) is 1.89. The second kappa shape index (κ2) is 8.22. The number of aromatic nitrogens is 2. The number of carbonyl (C=O) groups is 1. The highest BCUT2D eigenvalue weighted by molar-refractivity contribution is 6.30. The summed E-state index contributed by atoms with van der Waals surface area (Å²) in [6.07, 6.45) is 1.43. The van der Waals surface area contributed by atoms with Crippen LogP contribution in [0.15, 0.2) is 30.5 Å². The van der Waals surface area contributed by atoms with Gasteiger partial charge >= 0.3 is 0 Å². The maximum atomic E-state index is 12.3. The maximum absolute atomic E-state index is 12.3. The summed E-state index contributed by atoms with van der Waals surface area (Å²) in [7, 11) is 0. The molecule has 0 bridgehead atoms. The minimum Gasteiger partial charge on any atom is -0.388 e. The van der Waals surface area contributed by atoms with E-state index in [0.29, 0.717) is 29.5 Å². The van der Waals surface area contributed by atoms with Gasteiger partial charge in [0.2, 0.25) is 0 Å². The second-order valence-electron chi connectivity index (χ2n) is 6.03. The Labute approximate surface area is 147 Å². The molecule has 1 aromatic heterocycles. The highest BCUT2D eigenvalue weighted by atomic mass is 35.5. The van der Waals surface area contributed by atoms with Gasteiger partial charge in [0.05, 0.1) is 6.10 Å². The van der Waals surface area contributed by atoms with Crippen molar-refractivity contribution in [2.24, 2.45) is 0 Å². The van der Waals surface area contributed by atoms with E-state index in [1.807, 2.05) is 20.8 Å². The molecule has 1 atom stereocenters. The quantitative estimate of drug-likeness (QED) is 0.839. The monoisotopic (exact) mass is 347 g/mol. The molecule has 6 heteroatoms. The van der Waals surface area contributed by atoms with Gasteiger partial charge in [0.1, 0.15) is 11.5 Å². The summed E-state index contributed by atoms with van der Waals surface area (Å²) in [5.74, 6) is 0.552. The van der Waals surface area contributed by atoms with Crippen LogP contribution in [0.1, 0.15) is 59.7 Å². The molecule has 0 aliphatic heterocycles. The van der Waals surface area contributed by atoms with E-state index in [-0.39, 0.29) is 11.8 Å². The van der Waals surface area contributed by atoms with Crippen LogP contribution < -0.4 is 5.32 Å². The van der Waals surface area contributed by atoms with Crippen molar-refractivity contribution in [3.8, 4) is 0 Å². The predicted octanol–water partition coefficient (Wildman–Crippen LogP) is 3.42. The largest absolute Gasteiger partial charge is 0.388 e. The maximum Gasteiger partial charge on any atom is 0.270 e. The Morgan fingerprint density at radius 2 is 1.96 bits per heavy atom. The van der Waals surface area contributed by atoms with Gasteiger partial charge in [0, 0.05) is 23.7 Å². The third-order valence-corrected chi connectivity index (χ3v) is 3.93. The first-order valence-corrected chi connectivity index (χ1v) is 8.31. The van der Waals surface area contributed by atoms with Gasteiger partial charge in [-0.2, -0.15) is 0 Å². The lowest BCUT2D eigenvalue weighted by molar-refractivity contribution is 0.0936. The van der Waals surface area contributed by atoms with Crippen LogP contribution in [0.25, 0.3) is 0 Å². The van der Waals surface area contributed by atoms with E-state index in [1.54, 1.807) is 30.5 Å². The van der Waals surface area contributed by atoms with Crippen LogP contribution in [-0.4, -0.2) is 27.5 Å². The fourth-order valence-corrected chi connectivity index (χ4v) is 2.35. The van der Waals surface area contributed by atoms with Crippen LogP contribution in [0.4, 0.5) is 0 Å². The standard InChI is InChI=1S/C18H22ClN3O2/c1-11(2)17-21-10-12(3)16(22-17)18(24)20-9-8-15(23)13-4-6-14(19)7-5-13/h4-7,10-11,15,23H,8-9H2,1-3H3,(H,20,24)/t15-/m1/s1. The van der Waals surface area contributed by atoms with E-state index in [4.69, 9.17) is 11.6 Å². The van der Waals surface area contributed by atoms with Gasteiger partial charge in [-0.05, 0) is 36.6 Å². The number of aliphatic hydroxyl groups excluding tert-OH is 1. The second-order valence-corrected chi connectivity index (χ2v) is 6.46. The van der Waals surface area contributed by atoms with Gasteiger partial charge in [-0.1, -0.05) is 37.6 Å². The number of rotatable bonds is 6. The number of aryl methyl sites for hydroxylation is 1. The molecule has 0 aliphatic carbocycles. The molecule has 0 saturated carbocycles. The zero-order valence-electron chi connectivity index (χ0n) is 14.1. The molecule has 24 heavy (non-hydrogen) atoms. The lowest BCUT2D eigenvalue weighted by atomic mass is 10.1. The predicted molar refractivity (Wildman–Crippen MR) is 94.2 cm³/mol. The van der Waals surface area contributed by atoms with Crippen LogP contribution >= 0.6 is 11.6 Å². The molecule has 1 aromatic carbocycles. The van der Waals surface area contributed by atoms with Crippen molar-refractivity contribution in [1.29, 1.82) is 0 Å². The Hall–Kier alpha value is -1.98. The van der Waals surface area contributed by atoms with Crippen LogP contribution in [-0.2, 0) is 0 Å². The SMILES string of the molecule is Cc1cnc(C(C)C)nc1C(=O)NCC[C@@H](O)c1ccc(Cl)cc1. The van der Waals surface area contributed by atoms with E-state index in [2.05, 4.69) is 15.3 Å². The molecule has 2 aromatic rings. The van der Waals surface area contributed by atoms with Gasteiger partial charge in [0.15, 0.2) is 0 Å². The molecule has 2 N–H and O–H groups in total. The number of benzene rings is 1. The lowest BCUT2D eigenvalue weighted by Gasteiger charge is -2.13. The molecule has 128 valence electrons. The van der Waals surface area contributed by atoms with E-state index >= 15 is 0 Å². The molecular weight excluding hydrogens is 326 g/mol. The van der Waals surface area contributed by atoms with E-state index in [1.165, 1.54) is 0 Å². The number of carbonyl (C=O) groups excluding carboxylic acids is 1. The van der Waals surface area contributed by atoms with E-state index < -0.39 is 6.10 Å². The van der Waals surface area contributed by atoms with Gasteiger partial charge < -0.3 is 10.4 Å². The Kier molecular flexibility index (Phi) is 6.29. The third kappa shape index (κ3) is 4.76. The first-order valence-electron chi connectivity index (χ1n) is 7.93. The summed E-state index contributed by atoms with van der Waals surface area (Å²) in [6.45, 7) is 6.12. The van der Waals surface area contributed by atoms with Gasteiger partial charge in [-0.15, -0.1) is 0 Å². The molecule has 1 amide bonds. The van der Waals surface area contributed by atoms with Gasteiger partial charge in [-0.3, -0.25) is 4.79 Å². The normalized spacial score (nSPS) is 12.2. The number of amides is 1. The van der Waals surface area contributed by atoms with Crippen LogP contribution in [0, 0.1) is 6.92 Å². The molecule has 0 unspecified atom stereocenters. The molecule has 0 saturated heterocycles. The first kappa shape index (κ1) is 18.4. The van der Waals surface area contributed by atoms with Crippen molar-refractivity contribution in [3.63, 3.8) is 0 Å². The molecule has 5 nitrogen and oxygen atoms in total. The molecule has 0 radical (unpaired) electrons. The number of halogens is 1. The number of nitrogens with one attached hydrogen (secondary N) is 1. The third-order valence-electron chi connectivity index (χ3n) is 3.68. The summed E-state index contributed by atoms with van der Waals surface area (Å²) in [4.78, 5) is 20.9. The summed E-state index contributed by atoms with van der Waals surface area (Å²) in [5, 5.41) is 13.6. The first-order chi connectivity index (χ1) is 11.4. The summed E-state index contributed by atoms with van der Waals surface area (Å²) >= 11 is 5.83. The summed E-state index contributed by atoms with van der Waals surface area (Å²) in [6, 6.07) is 7.02. The van der Waals surface area contributed by atoms with Crippen molar-refractivity contribution < 1.29 is 9.90 Å². The Balaban J connectivity index is 1.93. The lowest BCUT2D eigenvalue weighted by Crippen LogP contribution is -2.28. The van der Waals surface area contributed by atoms with Gasteiger partial charge in [-0.25, -0.2) is 9.97 Å². The van der Waals surface area contributed by atoms with Crippen molar-refractivity contribution in [1.82, 2.24) is 15.3 Å². The molecule has 0 spiro atoms. The van der Waals surface area contributed by atoms with Crippen LogP contribution in [0.5, 0.6) is 0 Å². The highest BCUT2D eigenvalue weighted by Crippen LogP contribution is 2.18. The Bertz CT molecular complexity index is 702. The Morgan fingerprint density at radius 1 is 1.29 bits per heavy atom. The number of hydrogen-bond acceptors (Lipinski definition) is 4. The zero-order valence-corrected chi connectivity index (χ0v) is 14.8. The minimum atomic E-state index is -0.653. The molecular formula is C18H22ClN3O2. The fourth-order valence-electron chi connectivity index (χ4n) is 2.22. The van der Waals surface area contributed by atoms with Crippen molar-refractivity contribution in [2.45, 2.75) is 39.2 Å². The van der Waals surface area contributed by atoms with Crippen molar-refractivity contribution >= 4 is 17.5 Å². The van der Waals surface area contributed by atoms with Crippen LogP contribution in [0.3, 0.4) is 0 Å². The van der Waals surface area contributed by atoms with Crippen molar-refractivity contribution in [3.05, 3.63) is 58.1 Å². The van der Waals surface area contributed by atoms with Crippen LogP contribution in [0.2, 0.25) is 5.02 Å². The number of nitrogens with zero attached hydrogens (tertiary/aromatic N) is 2. The average Bonchev–Trinajstić information content (AvgIpc) is 2.55. The average molecular weight is 348 g/mol. The molecule has 1 heterocycles. The number of aliphatic hydroxyl groups is 1. The topological polar surface area (TPSA) is 75.1 Å². The molecule has 2 rings (SSSR count). The van der Waals surface area contributed by atoms with E-state index in [9.17, 15) is 9.90 Å². The zero-order chi connectivity index (χ0) is 17.7. The fraction of sp³-hybridized carbons (Fsp3) is 0.389. The van der Waals surface area contributed by atoms with Gasteiger partial charge in [0.25, 0.3) is 5.91 Å². The molecule has 0 fully saturated rings. The molecule has 0 aliphatic rings. The van der Waals surface area contributed by atoms with Crippen molar-refractivity contribution in [2.75, 3.05) is 6.54 Å². The highest BCUT2D eigenvalue weighted by Gasteiger charge is 2.15. The van der Waals surface area contributed by atoms with E-state index in [0.717, 1.165) is 11.1 Å². The Morgan fingerprint density at radius 3 is 2.58 bits per heavy atom. The number of hydrogen-bond donors (Lipinski definition) is 2.